The van der Waals surface area contributed by atoms with Crippen LogP contribution in [0, 0.1) is 0 Å². The second-order valence-electron chi connectivity index (χ2n) is 4.24. The standard InChI is InChI=1S/C10H15N5O3/c1-3-13(2)10(18)14-4-7(5-14)15-6-8(9(16)17)11-12-15/h6-7H,3-5H2,1-2H3,(H,16,17). The Morgan fingerprint density at radius 1 is 1.56 bits per heavy atom. The Kier molecular flexibility index (Phi) is 3.17. The van der Waals surface area contributed by atoms with Crippen molar-refractivity contribution in [2.45, 2.75) is 13.0 Å². The van der Waals surface area contributed by atoms with Gasteiger partial charge in [-0.25, -0.2) is 14.3 Å². The smallest absolute Gasteiger partial charge is 0.358 e. The van der Waals surface area contributed by atoms with E-state index in [1.807, 2.05) is 6.92 Å². The summed E-state index contributed by atoms with van der Waals surface area (Å²) in [7, 11) is 1.74. The molecule has 0 spiro atoms. The highest BCUT2D eigenvalue weighted by Crippen LogP contribution is 2.21. The van der Waals surface area contributed by atoms with E-state index in [1.165, 1.54) is 10.9 Å². The minimum atomic E-state index is -1.10. The summed E-state index contributed by atoms with van der Waals surface area (Å²) in [6.07, 6.45) is 1.39. The van der Waals surface area contributed by atoms with Gasteiger partial charge >= 0.3 is 12.0 Å². The molecule has 0 aromatic carbocycles. The lowest BCUT2D eigenvalue weighted by molar-refractivity contribution is 0.0689. The van der Waals surface area contributed by atoms with Crippen molar-refractivity contribution in [1.29, 1.82) is 0 Å². The monoisotopic (exact) mass is 253 g/mol. The number of carboxylic acids is 1. The highest BCUT2D eigenvalue weighted by molar-refractivity contribution is 5.84. The minimum absolute atomic E-state index is 0.0137. The third-order valence-corrected chi connectivity index (χ3v) is 3.04. The number of hydrogen-bond donors (Lipinski definition) is 1. The molecule has 1 aliphatic heterocycles. The van der Waals surface area contributed by atoms with Crippen molar-refractivity contribution in [3.63, 3.8) is 0 Å². The molecule has 2 amide bonds. The molecule has 1 aromatic rings. The van der Waals surface area contributed by atoms with E-state index in [1.54, 1.807) is 16.8 Å². The normalized spacial score (nSPS) is 15.3. The summed E-state index contributed by atoms with van der Waals surface area (Å²) in [5.41, 5.74) is -0.0783. The average Bonchev–Trinajstić information content (AvgIpc) is 2.75. The van der Waals surface area contributed by atoms with E-state index >= 15 is 0 Å². The van der Waals surface area contributed by atoms with Gasteiger partial charge in [-0.3, -0.25) is 0 Å². The first-order valence-electron chi connectivity index (χ1n) is 5.68. The molecule has 2 rings (SSSR count). The number of hydrogen-bond acceptors (Lipinski definition) is 4. The highest BCUT2D eigenvalue weighted by Gasteiger charge is 2.34. The van der Waals surface area contributed by atoms with Crippen molar-refractivity contribution < 1.29 is 14.7 Å². The first-order chi connectivity index (χ1) is 8.52. The highest BCUT2D eigenvalue weighted by atomic mass is 16.4. The van der Waals surface area contributed by atoms with Crippen molar-refractivity contribution in [1.82, 2.24) is 24.8 Å². The summed E-state index contributed by atoms with van der Waals surface area (Å²) >= 11 is 0. The lowest BCUT2D eigenvalue weighted by Crippen LogP contribution is -2.54. The number of likely N-dealkylation sites (tertiary alicyclic amines) is 1. The van der Waals surface area contributed by atoms with Crippen molar-refractivity contribution in [2.75, 3.05) is 26.7 Å². The van der Waals surface area contributed by atoms with Gasteiger partial charge in [-0.05, 0) is 6.92 Å². The van der Waals surface area contributed by atoms with Gasteiger partial charge in [0.2, 0.25) is 0 Å². The summed E-state index contributed by atoms with van der Waals surface area (Å²) < 4.78 is 1.50. The van der Waals surface area contributed by atoms with E-state index in [9.17, 15) is 9.59 Å². The van der Waals surface area contributed by atoms with Gasteiger partial charge < -0.3 is 14.9 Å². The first kappa shape index (κ1) is 12.3. The fourth-order valence-electron chi connectivity index (χ4n) is 1.71. The Morgan fingerprint density at radius 3 is 2.72 bits per heavy atom. The first-order valence-corrected chi connectivity index (χ1v) is 5.68. The van der Waals surface area contributed by atoms with Gasteiger partial charge in [-0.1, -0.05) is 5.21 Å². The fraction of sp³-hybridized carbons (Fsp3) is 0.600. The Bertz CT molecular complexity index is 466. The van der Waals surface area contributed by atoms with Gasteiger partial charge in [0.1, 0.15) is 0 Å². The number of carboxylic acid groups (broad SMARTS) is 1. The van der Waals surface area contributed by atoms with Crippen LogP contribution in [-0.2, 0) is 0 Å². The Morgan fingerprint density at radius 2 is 2.22 bits per heavy atom. The molecule has 1 N–H and O–H groups in total. The molecule has 1 saturated heterocycles. The van der Waals surface area contributed by atoms with Crippen molar-refractivity contribution in [2.24, 2.45) is 0 Å². The number of aromatic nitrogens is 3. The van der Waals surface area contributed by atoms with Crippen molar-refractivity contribution in [3.8, 4) is 0 Å². The van der Waals surface area contributed by atoms with Crippen LogP contribution < -0.4 is 0 Å². The van der Waals surface area contributed by atoms with Gasteiger partial charge in [0.15, 0.2) is 5.69 Å². The van der Waals surface area contributed by atoms with Gasteiger partial charge in [-0.2, -0.15) is 0 Å². The van der Waals surface area contributed by atoms with Gasteiger partial charge in [0, 0.05) is 26.7 Å². The van der Waals surface area contributed by atoms with Gasteiger partial charge in [0.25, 0.3) is 0 Å². The molecule has 8 heteroatoms. The second-order valence-corrected chi connectivity index (χ2v) is 4.24. The zero-order valence-electron chi connectivity index (χ0n) is 10.3. The van der Waals surface area contributed by atoms with E-state index in [2.05, 4.69) is 10.3 Å². The number of carbonyl (C=O) groups is 2. The summed E-state index contributed by atoms with van der Waals surface area (Å²) in [4.78, 5) is 25.7. The molecule has 18 heavy (non-hydrogen) atoms. The number of carbonyl (C=O) groups excluding carboxylic acids is 1. The largest absolute Gasteiger partial charge is 0.476 e. The number of rotatable bonds is 3. The van der Waals surface area contributed by atoms with Crippen LogP contribution in [0.3, 0.4) is 0 Å². The molecule has 1 aliphatic rings. The summed E-state index contributed by atoms with van der Waals surface area (Å²) in [6, 6.07) is -0.00729. The second kappa shape index (κ2) is 4.63. The molecule has 0 aliphatic carbocycles. The topological polar surface area (TPSA) is 91.6 Å². The predicted molar refractivity (Wildman–Crippen MR) is 61.3 cm³/mol. The van der Waals surface area contributed by atoms with Crippen LogP contribution in [0.1, 0.15) is 23.5 Å². The average molecular weight is 253 g/mol. The van der Waals surface area contributed by atoms with Crippen LogP contribution in [0.2, 0.25) is 0 Å². The maximum Gasteiger partial charge on any atom is 0.358 e. The maximum absolute atomic E-state index is 11.8. The van der Waals surface area contributed by atoms with Crippen LogP contribution in [0.5, 0.6) is 0 Å². The summed E-state index contributed by atoms with van der Waals surface area (Å²) in [5, 5.41) is 16.0. The number of urea groups is 1. The van der Waals surface area contributed by atoms with Crippen LogP contribution in [0.15, 0.2) is 6.20 Å². The van der Waals surface area contributed by atoms with E-state index in [-0.39, 0.29) is 17.8 Å². The molecular weight excluding hydrogens is 238 g/mol. The number of aromatic carboxylic acids is 1. The zero-order chi connectivity index (χ0) is 13.3. The number of nitrogens with zero attached hydrogens (tertiary/aromatic N) is 5. The van der Waals surface area contributed by atoms with E-state index in [4.69, 9.17) is 5.11 Å². The lowest BCUT2D eigenvalue weighted by atomic mass is 10.1. The van der Waals surface area contributed by atoms with Crippen LogP contribution in [-0.4, -0.2) is 68.6 Å². The molecule has 2 heterocycles. The van der Waals surface area contributed by atoms with Gasteiger partial charge in [-0.15, -0.1) is 5.10 Å². The Balaban J connectivity index is 1.92. The summed E-state index contributed by atoms with van der Waals surface area (Å²) in [6.45, 7) is 3.63. The van der Waals surface area contributed by atoms with E-state index < -0.39 is 5.97 Å². The van der Waals surface area contributed by atoms with E-state index in [0.717, 1.165) is 0 Å². The van der Waals surface area contributed by atoms with Crippen LogP contribution >= 0.6 is 0 Å². The van der Waals surface area contributed by atoms with Crippen LogP contribution in [0.25, 0.3) is 0 Å². The third kappa shape index (κ3) is 2.13. The van der Waals surface area contributed by atoms with Crippen molar-refractivity contribution >= 4 is 12.0 Å². The SMILES string of the molecule is CCN(C)C(=O)N1CC(n2cc(C(=O)O)nn2)C1. The Labute approximate surface area is 104 Å². The number of amides is 2. The molecule has 1 aromatic heterocycles. The minimum Gasteiger partial charge on any atom is -0.476 e. The van der Waals surface area contributed by atoms with Gasteiger partial charge in [0.05, 0.1) is 12.2 Å². The molecular formula is C10H15N5O3. The quantitative estimate of drug-likeness (QED) is 0.812. The maximum atomic E-state index is 11.8. The molecule has 98 valence electrons. The zero-order valence-corrected chi connectivity index (χ0v) is 10.3. The molecule has 0 bridgehead atoms. The fourth-order valence-corrected chi connectivity index (χ4v) is 1.71. The Hall–Kier alpha value is -2.12. The van der Waals surface area contributed by atoms with E-state index in [0.29, 0.717) is 19.6 Å². The molecule has 0 radical (unpaired) electrons. The van der Waals surface area contributed by atoms with Crippen LogP contribution in [0.4, 0.5) is 4.79 Å². The lowest BCUT2D eigenvalue weighted by Gasteiger charge is -2.40. The predicted octanol–water partition coefficient (Wildman–Crippen LogP) is -0.0953. The molecule has 0 atom stereocenters. The molecule has 8 nitrogen and oxygen atoms in total. The molecule has 0 unspecified atom stereocenters. The summed E-state index contributed by atoms with van der Waals surface area (Å²) in [5.74, 6) is -1.10. The third-order valence-electron chi connectivity index (χ3n) is 3.04. The molecule has 0 saturated carbocycles. The van der Waals surface area contributed by atoms with Crippen molar-refractivity contribution in [3.05, 3.63) is 11.9 Å². The molecule has 1 fully saturated rings.